The molecule has 1 aromatic carbocycles. The lowest BCUT2D eigenvalue weighted by Gasteiger charge is -2.07. The lowest BCUT2D eigenvalue weighted by molar-refractivity contribution is -0.120. The number of carbonyl (C=O) groups excluding carboxylic acids is 1. The molecule has 0 bridgehead atoms. The van der Waals surface area contributed by atoms with Crippen LogP contribution in [-0.2, 0) is 11.3 Å². The predicted octanol–water partition coefficient (Wildman–Crippen LogP) is 2.59. The molecule has 1 amide bonds. The second-order valence-electron chi connectivity index (χ2n) is 3.18. The number of benzene rings is 1. The van der Waals surface area contributed by atoms with E-state index in [1.807, 2.05) is 6.07 Å². The zero-order chi connectivity index (χ0) is 12.0. The third-order valence-corrected chi connectivity index (χ3v) is 2.51. The number of carbonyl (C=O) groups is 1. The molecule has 5 heteroatoms. The Morgan fingerprint density at radius 2 is 2.25 bits per heavy atom. The van der Waals surface area contributed by atoms with Crippen LogP contribution in [0.25, 0.3) is 0 Å². The number of amides is 1. The summed E-state index contributed by atoms with van der Waals surface area (Å²) >= 11 is 11.4. The van der Waals surface area contributed by atoms with Crippen molar-refractivity contribution in [3.05, 3.63) is 28.8 Å². The third-order valence-electron chi connectivity index (χ3n) is 2.03. The van der Waals surface area contributed by atoms with Crippen LogP contribution in [0.5, 0.6) is 5.75 Å². The zero-order valence-electron chi connectivity index (χ0n) is 8.93. The summed E-state index contributed by atoms with van der Waals surface area (Å²) in [6.45, 7) is 0.444. The number of alkyl halides is 1. The van der Waals surface area contributed by atoms with Gasteiger partial charge in [-0.1, -0.05) is 17.7 Å². The summed E-state index contributed by atoms with van der Waals surface area (Å²) in [5.41, 5.74) is 0.925. The molecule has 0 spiro atoms. The molecular formula is C11H13Cl2NO2. The molecule has 0 unspecified atom stereocenters. The predicted molar refractivity (Wildman–Crippen MR) is 65.2 cm³/mol. The first kappa shape index (κ1) is 13.1. The number of hydrogen-bond donors (Lipinski definition) is 1. The van der Waals surface area contributed by atoms with E-state index in [4.69, 9.17) is 27.9 Å². The molecule has 0 atom stereocenters. The van der Waals surface area contributed by atoms with Crippen molar-refractivity contribution in [3.63, 3.8) is 0 Å². The minimum absolute atomic E-state index is 0.0676. The molecule has 0 heterocycles. The zero-order valence-corrected chi connectivity index (χ0v) is 10.4. The Hall–Kier alpha value is -0.930. The molecule has 0 aliphatic rings. The van der Waals surface area contributed by atoms with E-state index in [9.17, 15) is 4.79 Å². The molecule has 0 saturated heterocycles. The molecule has 0 aliphatic carbocycles. The van der Waals surface area contributed by atoms with Crippen molar-refractivity contribution >= 4 is 29.1 Å². The number of rotatable bonds is 5. The molecule has 3 nitrogen and oxygen atoms in total. The van der Waals surface area contributed by atoms with Crippen molar-refractivity contribution in [2.24, 2.45) is 0 Å². The van der Waals surface area contributed by atoms with Gasteiger partial charge in [0.2, 0.25) is 5.91 Å². The Morgan fingerprint density at radius 1 is 1.50 bits per heavy atom. The molecule has 0 radical (unpaired) electrons. The first-order valence-corrected chi connectivity index (χ1v) is 5.73. The molecule has 1 rings (SSSR count). The SMILES string of the molecule is COc1ccc(CNC(=O)CCCl)cc1Cl. The van der Waals surface area contributed by atoms with Crippen molar-refractivity contribution in [2.75, 3.05) is 13.0 Å². The van der Waals surface area contributed by atoms with Crippen LogP contribution < -0.4 is 10.1 Å². The van der Waals surface area contributed by atoms with E-state index >= 15 is 0 Å². The highest BCUT2D eigenvalue weighted by Crippen LogP contribution is 2.24. The third kappa shape index (κ3) is 3.91. The van der Waals surface area contributed by atoms with Crippen LogP contribution in [0.4, 0.5) is 0 Å². The molecule has 88 valence electrons. The summed E-state index contributed by atoms with van der Waals surface area (Å²) in [6, 6.07) is 5.39. The summed E-state index contributed by atoms with van der Waals surface area (Å²) in [7, 11) is 1.56. The second-order valence-corrected chi connectivity index (χ2v) is 3.97. The largest absolute Gasteiger partial charge is 0.495 e. The monoisotopic (exact) mass is 261 g/mol. The van der Waals surface area contributed by atoms with Crippen molar-refractivity contribution in [2.45, 2.75) is 13.0 Å². The highest BCUT2D eigenvalue weighted by Gasteiger charge is 2.03. The smallest absolute Gasteiger partial charge is 0.221 e. The fraction of sp³-hybridized carbons (Fsp3) is 0.364. The first-order chi connectivity index (χ1) is 7.67. The van der Waals surface area contributed by atoms with E-state index in [0.29, 0.717) is 29.6 Å². The summed E-state index contributed by atoms with van der Waals surface area (Å²) in [4.78, 5) is 11.2. The first-order valence-electron chi connectivity index (χ1n) is 4.82. The summed E-state index contributed by atoms with van der Waals surface area (Å²) < 4.78 is 5.03. The summed E-state index contributed by atoms with van der Waals surface area (Å²) in [5, 5.41) is 3.28. The second kappa shape index (κ2) is 6.61. The van der Waals surface area contributed by atoms with Crippen LogP contribution in [0.1, 0.15) is 12.0 Å². The van der Waals surface area contributed by atoms with Gasteiger partial charge in [0.15, 0.2) is 0 Å². The molecular weight excluding hydrogens is 249 g/mol. The lowest BCUT2D eigenvalue weighted by atomic mass is 10.2. The molecule has 0 saturated carbocycles. The Bertz CT molecular complexity index is 369. The number of ether oxygens (including phenoxy) is 1. The molecule has 1 aromatic rings. The highest BCUT2D eigenvalue weighted by molar-refractivity contribution is 6.32. The van der Waals surface area contributed by atoms with Gasteiger partial charge in [0.05, 0.1) is 12.1 Å². The number of hydrogen-bond acceptors (Lipinski definition) is 2. The van der Waals surface area contributed by atoms with E-state index in [1.54, 1.807) is 19.2 Å². The molecule has 0 aliphatic heterocycles. The lowest BCUT2D eigenvalue weighted by Crippen LogP contribution is -2.22. The minimum Gasteiger partial charge on any atom is -0.495 e. The van der Waals surface area contributed by atoms with Gasteiger partial charge in [0.1, 0.15) is 5.75 Å². The van der Waals surface area contributed by atoms with Crippen molar-refractivity contribution in [1.29, 1.82) is 0 Å². The van der Waals surface area contributed by atoms with E-state index in [0.717, 1.165) is 5.56 Å². The Labute approximate surface area is 105 Å². The Kier molecular flexibility index (Phi) is 5.43. The summed E-state index contributed by atoms with van der Waals surface area (Å²) in [5.74, 6) is 0.884. The summed E-state index contributed by atoms with van der Waals surface area (Å²) in [6.07, 6.45) is 0.325. The van der Waals surface area contributed by atoms with Crippen LogP contribution in [-0.4, -0.2) is 18.9 Å². The highest BCUT2D eigenvalue weighted by atomic mass is 35.5. The average Bonchev–Trinajstić information content (AvgIpc) is 2.27. The average molecular weight is 262 g/mol. The Balaban J connectivity index is 2.55. The number of halogens is 2. The van der Waals surface area contributed by atoms with Gasteiger partial charge < -0.3 is 10.1 Å². The Morgan fingerprint density at radius 3 is 2.81 bits per heavy atom. The molecule has 0 fully saturated rings. The van der Waals surface area contributed by atoms with Crippen LogP contribution >= 0.6 is 23.2 Å². The standard InChI is InChI=1S/C11H13Cl2NO2/c1-16-10-3-2-8(6-9(10)13)7-14-11(15)4-5-12/h2-3,6H,4-5,7H2,1H3,(H,14,15). The van der Waals surface area contributed by atoms with Gasteiger partial charge in [-0.05, 0) is 17.7 Å². The van der Waals surface area contributed by atoms with Crippen LogP contribution in [0.15, 0.2) is 18.2 Å². The van der Waals surface area contributed by atoms with Gasteiger partial charge in [0.25, 0.3) is 0 Å². The normalized spacial score (nSPS) is 9.94. The van der Waals surface area contributed by atoms with Crippen LogP contribution in [0.3, 0.4) is 0 Å². The number of nitrogens with one attached hydrogen (secondary N) is 1. The van der Waals surface area contributed by atoms with E-state index in [1.165, 1.54) is 0 Å². The van der Waals surface area contributed by atoms with Gasteiger partial charge in [-0.25, -0.2) is 0 Å². The van der Waals surface area contributed by atoms with Crippen molar-refractivity contribution in [3.8, 4) is 5.75 Å². The topological polar surface area (TPSA) is 38.3 Å². The maximum Gasteiger partial charge on any atom is 0.221 e. The minimum atomic E-state index is -0.0676. The quantitative estimate of drug-likeness (QED) is 0.828. The van der Waals surface area contributed by atoms with E-state index < -0.39 is 0 Å². The molecule has 16 heavy (non-hydrogen) atoms. The van der Waals surface area contributed by atoms with Gasteiger partial charge in [0, 0.05) is 18.8 Å². The maximum absolute atomic E-state index is 11.2. The number of methoxy groups -OCH3 is 1. The van der Waals surface area contributed by atoms with E-state index in [-0.39, 0.29) is 5.91 Å². The van der Waals surface area contributed by atoms with Gasteiger partial charge >= 0.3 is 0 Å². The molecule has 1 N–H and O–H groups in total. The van der Waals surface area contributed by atoms with Gasteiger partial charge in [-0.3, -0.25) is 4.79 Å². The molecule has 0 aromatic heterocycles. The van der Waals surface area contributed by atoms with Gasteiger partial charge in [-0.15, -0.1) is 11.6 Å². The van der Waals surface area contributed by atoms with Crippen LogP contribution in [0.2, 0.25) is 5.02 Å². The van der Waals surface area contributed by atoms with Crippen molar-refractivity contribution in [1.82, 2.24) is 5.32 Å². The van der Waals surface area contributed by atoms with Crippen LogP contribution in [0, 0.1) is 0 Å². The fourth-order valence-electron chi connectivity index (χ4n) is 1.19. The van der Waals surface area contributed by atoms with Crippen molar-refractivity contribution < 1.29 is 9.53 Å². The van der Waals surface area contributed by atoms with Gasteiger partial charge in [-0.2, -0.15) is 0 Å². The maximum atomic E-state index is 11.2. The fourth-order valence-corrected chi connectivity index (χ4v) is 1.65. The van der Waals surface area contributed by atoms with E-state index in [2.05, 4.69) is 5.32 Å².